The summed E-state index contributed by atoms with van der Waals surface area (Å²) >= 11 is 0. The van der Waals surface area contributed by atoms with E-state index in [1.54, 1.807) is 12.1 Å². The summed E-state index contributed by atoms with van der Waals surface area (Å²) in [6.07, 6.45) is 1.00. The average Bonchev–Trinajstić information content (AvgIpc) is 3.03. The van der Waals surface area contributed by atoms with Crippen molar-refractivity contribution >= 4 is 12.0 Å². The van der Waals surface area contributed by atoms with Crippen molar-refractivity contribution in [1.29, 1.82) is 0 Å². The minimum Gasteiger partial charge on any atom is -0.481 e. The van der Waals surface area contributed by atoms with E-state index in [4.69, 9.17) is 5.11 Å². The van der Waals surface area contributed by atoms with E-state index in [1.807, 2.05) is 12.1 Å². The molecule has 1 aromatic carbocycles. The minimum atomic E-state index is -0.872. The van der Waals surface area contributed by atoms with E-state index >= 15 is 0 Å². The number of hydrogen-bond acceptors (Lipinski definition) is 2. The van der Waals surface area contributed by atoms with Gasteiger partial charge in [-0.25, -0.2) is 4.79 Å². The van der Waals surface area contributed by atoms with Crippen molar-refractivity contribution < 1.29 is 14.7 Å². The third-order valence-electron chi connectivity index (χ3n) is 3.33. The Bertz CT molecular complexity index is 487. The molecule has 19 heavy (non-hydrogen) atoms. The third kappa shape index (κ3) is 3.98. The van der Waals surface area contributed by atoms with Crippen molar-refractivity contribution in [3.63, 3.8) is 0 Å². The zero-order chi connectivity index (χ0) is 13.8. The fourth-order valence-electron chi connectivity index (χ4n) is 1.98. The smallest absolute Gasteiger partial charge is 0.315 e. The number of carboxylic acids is 1. The highest BCUT2D eigenvalue weighted by molar-refractivity contribution is 5.75. The zero-order valence-corrected chi connectivity index (χ0v) is 10.8. The first-order valence-electron chi connectivity index (χ1n) is 6.39. The van der Waals surface area contributed by atoms with Crippen LogP contribution >= 0.6 is 0 Å². The summed E-state index contributed by atoms with van der Waals surface area (Å²) in [5.41, 5.74) is 1.57. The predicted octanol–water partition coefficient (Wildman–Crippen LogP) is 1.52. The van der Waals surface area contributed by atoms with Gasteiger partial charge in [0, 0.05) is 12.6 Å². The molecule has 1 fully saturated rings. The van der Waals surface area contributed by atoms with E-state index in [-0.39, 0.29) is 18.5 Å². The second kappa shape index (κ2) is 5.73. The van der Waals surface area contributed by atoms with E-state index in [1.165, 1.54) is 0 Å². The Labute approximate surface area is 112 Å². The highest BCUT2D eigenvalue weighted by Crippen LogP contribution is 2.28. The van der Waals surface area contributed by atoms with Gasteiger partial charge < -0.3 is 15.7 Å². The first-order chi connectivity index (χ1) is 9.06. The summed E-state index contributed by atoms with van der Waals surface area (Å²) in [4.78, 5) is 22.4. The van der Waals surface area contributed by atoms with Crippen molar-refractivity contribution in [2.24, 2.45) is 5.92 Å². The topological polar surface area (TPSA) is 78.4 Å². The first kappa shape index (κ1) is 13.4. The lowest BCUT2D eigenvalue weighted by Gasteiger charge is -2.10. The lowest BCUT2D eigenvalue weighted by molar-refractivity contribution is -0.136. The number of hydrogen-bond donors (Lipinski definition) is 3. The Balaban J connectivity index is 1.87. The quantitative estimate of drug-likeness (QED) is 0.752. The molecule has 1 aliphatic rings. The fraction of sp³-hybridized carbons (Fsp3) is 0.429. The molecule has 3 N–H and O–H groups in total. The minimum absolute atomic E-state index is 0.0286. The summed E-state index contributed by atoms with van der Waals surface area (Å²) in [6, 6.07) is 7.33. The van der Waals surface area contributed by atoms with Gasteiger partial charge in [0.25, 0.3) is 0 Å². The van der Waals surface area contributed by atoms with Crippen LogP contribution in [0.1, 0.15) is 24.5 Å². The molecule has 0 spiro atoms. The molecule has 0 aliphatic heterocycles. The number of carboxylic acid groups (broad SMARTS) is 1. The van der Waals surface area contributed by atoms with Crippen LogP contribution in [0.15, 0.2) is 24.3 Å². The summed E-state index contributed by atoms with van der Waals surface area (Å²) < 4.78 is 0. The lowest BCUT2D eigenvalue weighted by Crippen LogP contribution is -2.37. The summed E-state index contributed by atoms with van der Waals surface area (Å²) in [5, 5.41) is 14.5. The van der Waals surface area contributed by atoms with Crippen LogP contribution in [0.2, 0.25) is 0 Å². The fourth-order valence-corrected chi connectivity index (χ4v) is 1.98. The number of carbonyl (C=O) groups excluding carboxylic acids is 1. The number of rotatable bonds is 5. The first-order valence-corrected chi connectivity index (χ1v) is 6.39. The van der Waals surface area contributed by atoms with Gasteiger partial charge in [0.05, 0.1) is 6.42 Å². The van der Waals surface area contributed by atoms with Crippen molar-refractivity contribution in [3.8, 4) is 0 Å². The largest absolute Gasteiger partial charge is 0.481 e. The van der Waals surface area contributed by atoms with Gasteiger partial charge >= 0.3 is 12.0 Å². The molecule has 1 aromatic rings. The van der Waals surface area contributed by atoms with Crippen molar-refractivity contribution in [3.05, 3.63) is 35.4 Å². The highest BCUT2D eigenvalue weighted by atomic mass is 16.4. The van der Waals surface area contributed by atoms with Crippen LogP contribution in [-0.4, -0.2) is 23.1 Å². The summed E-state index contributed by atoms with van der Waals surface area (Å²) in [6.45, 7) is 2.43. The molecular weight excluding hydrogens is 244 g/mol. The zero-order valence-electron chi connectivity index (χ0n) is 10.8. The molecule has 0 aromatic heterocycles. The Hall–Kier alpha value is -2.04. The summed E-state index contributed by atoms with van der Waals surface area (Å²) in [7, 11) is 0. The van der Waals surface area contributed by atoms with Gasteiger partial charge in [-0.05, 0) is 23.5 Å². The van der Waals surface area contributed by atoms with Crippen LogP contribution in [0.5, 0.6) is 0 Å². The maximum absolute atomic E-state index is 11.6. The average molecular weight is 262 g/mol. The Morgan fingerprint density at radius 1 is 1.32 bits per heavy atom. The molecule has 2 unspecified atom stereocenters. The van der Waals surface area contributed by atoms with Crippen LogP contribution in [0.25, 0.3) is 0 Å². The van der Waals surface area contributed by atoms with Crippen molar-refractivity contribution in [2.45, 2.75) is 32.4 Å². The van der Waals surface area contributed by atoms with Gasteiger partial charge in [0.15, 0.2) is 0 Å². The molecule has 0 radical (unpaired) electrons. The highest BCUT2D eigenvalue weighted by Gasteiger charge is 2.33. The predicted molar refractivity (Wildman–Crippen MR) is 70.7 cm³/mol. The monoisotopic (exact) mass is 262 g/mol. The Morgan fingerprint density at radius 3 is 2.53 bits per heavy atom. The van der Waals surface area contributed by atoms with Crippen LogP contribution in [-0.2, 0) is 17.8 Å². The van der Waals surface area contributed by atoms with Gasteiger partial charge in [0.1, 0.15) is 0 Å². The molecule has 1 aliphatic carbocycles. The number of amides is 2. The molecule has 5 heteroatoms. The van der Waals surface area contributed by atoms with Gasteiger partial charge in [-0.15, -0.1) is 0 Å². The SMILES string of the molecule is CC1CC1NC(=O)NCc1ccccc1CC(=O)O. The Morgan fingerprint density at radius 2 is 1.95 bits per heavy atom. The molecule has 2 amide bonds. The van der Waals surface area contributed by atoms with E-state index < -0.39 is 5.97 Å². The normalized spacial score (nSPS) is 20.7. The van der Waals surface area contributed by atoms with Crippen LogP contribution < -0.4 is 10.6 Å². The molecule has 0 bridgehead atoms. The maximum atomic E-state index is 11.6. The van der Waals surface area contributed by atoms with E-state index in [9.17, 15) is 9.59 Å². The lowest BCUT2D eigenvalue weighted by atomic mass is 10.0. The summed E-state index contributed by atoms with van der Waals surface area (Å²) in [5.74, 6) is -0.311. The number of aliphatic carboxylic acids is 1. The van der Waals surface area contributed by atoms with Crippen LogP contribution in [0, 0.1) is 5.92 Å². The number of carbonyl (C=O) groups is 2. The second-order valence-corrected chi connectivity index (χ2v) is 4.99. The van der Waals surface area contributed by atoms with Gasteiger partial charge in [-0.3, -0.25) is 4.79 Å². The van der Waals surface area contributed by atoms with E-state index in [2.05, 4.69) is 17.6 Å². The molecule has 5 nitrogen and oxygen atoms in total. The molecular formula is C14H18N2O3. The van der Waals surface area contributed by atoms with Crippen LogP contribution in [0.4, 0.5) is 4.79 Å². The maximum Gasteiger partial charge on any atom is 0.315 e. The van der Waals surface area contributed by atoms with Gasteiger partial charge in [0.2, 0.25) is 0 Å². The molecule has 0 saturated heterocycles. The molecule has 2 atom stereocenters. The van der Waals surface area contributed by atoms with Crippen molar-refractivity contribution in [2.75, 3.05) is 0 Å². The number of benzene rings is 1. The Kier molecular flexibility index (Phi) is 4.04. The second-order valence-electron chi connectivity index (χ2n) is 4.99. The van der Waals surface area contributed by atoms with Crippen molar-refractivity contribution in [1.82, 2.24) is 10.6 Å². The molecule has 1 saturated carbocycles. The van der Waals surface area contributed by atoms with E-state index in [0.29, 0.717) is 12.5 Å². The van der Waals surface area contributed by atoms with E-state index in [0.717, 1.165) is 17.5 Å². The number of nitrogens with one attached hydrogen (secondary N) is 2. The molecule has 2 rings (SSSR count). The number of urea groups is 1. The third-order valence-corrected chi connectivity index (χ3v) is 3.33. The van der Waals surface area contributed by atoms with Crippen LogP contribution in [0.3, 0.4) is 0 Å². The van der Waals surface area contributed by atoms with Gasteiger partial charge in [-0.2, -0.15) is 0 Å². The molecule has 0 heterocycles. The molecule has 102 valence electrons. The standard InChI is InChI=1S/C14H18N2O3/c1-9-6-12(9)16-14(19)15-8-11-5-3-2-4-10(11)7-13(17)18/h2-5,9,12H,6-8H2,1H3,(H,17,18)(H2,15,16,19). The van der Waals surface area contributed by atoms with Gasteiger partial charge in [-0.1, -0.05) is 31.2 Å².